The molecular formula is C20H25ClN2O2. The maximum Gasteiger partial charge on any atom is 0.191 e. The number of halogens is 1. The highest BCUT2D eigenvalue weighted by atomic mass is 35.5. The van der Waals surface area contributed by atoms with Crippen LogP contribution in [0.4, 0.5) is 0 Å². The molecular weight excluding hydrogens is 336 g/mol. The van der Waals surface area contributed by atoms with Crippen molar-refractivity contribution in [3.63, 3.8) is 0 Å². The third-order valence-electron chi connectivity index (χ3n) is 5.42. The van der Waals surface area contributed by atoms with Gasteiger partial charge >= 0.3 is 0 Å². The summed E-state index contributed by atoms with van der Waals surface area (Å²) in [6.45, 7) is 11.9. The zero-order chi connectivity index (χ0) is 18.0. The Bertz CT molecular complexity index is 766. The van der Waals surface area contributed by atoms with Gasteiger partial charge in [0.25, 0.3) is 0 Å². The van der Waals surface area contributed by atoms with Gasteiger partial charge in [-0.25, -0.2) is 9.98 Å². The van der Waals surface area contributed by atoms with Crippen LogP contribution in [-0.4, -0.2) is 36.1 Å². The predicted octanol–water partition coefficient (Wildman–Crippen LogP) is 4.47. The molecule has 1 aliphatic carbocycles. The molecule has 0 radical (unpaired) electrons. The second-order valence-corrected chi connectivity index (χ2v) is 9.30. The van der Waals surface area contributed by atoms with E-state index < -0.39 is 0 Å². The van der Waals surface area contributed by atoms with Gasteiger partial charge in [-0.05, 0) is 52.3 Å². The summed E-state index contributed by atoms with van der Waals surface area (Å²) in [7, 11) is 0. The second kappa shape index (κ2) is 5.23. The SMILES string of the molecule is CC1(C)COC([C@H]2[C@H](c3ccc(Cl)cc3)[C@]2(C)C2=NC(C)(C)CO2)=N1. The van der Waals surface area contributed by atoms with Crippen molar-refractivity contribution in [2.45, 2.75) is 51.6 Å². The number of hydrogen-bond donors (Lipinski definition) is 0. The van der Waals surface area contributed by atoms with Crippen LogP contribution in [0.2, 0.25) is 5.02 Å². The Morgan fingerprint density at radius 3 is 2.00 bits per heavy atom. The Morgan fingerprint density at radius 1 is 0.880 bits per heavy atom. The highest BCUT2D eigenvalue weighted by Gasteiger charge is 2.70. The molecule has 2 aliphatic heterocycles. The van der Waals surface area contributed by atoms with Gasteiger partial charge in [0.2, 0.25) is 0 Å². The van der Waals surface area contributed by atoms with E-state index >= 15 is 0 Å². The first-order chi connectivity index (χ1) is 11.6. The average Bonchev–Trinajstić information content (AvgIpc) is 2.78. The lowest BCUT2D eigenvalue weighted by Crippen LogP contribution is -2.19. The first kappa shape index (κ1) is 16.9. The van der Waals surface area contributed by atoms with Crippen molar-refractivity contribution in [1.82, 2.24) is 0 Å². The molecule has 0 spiro atoms. The number of nitrogens with zero attached hydrogens (tertiary/aromatic N) is 2. The lowest BCUT2D eigenvalue weighted by Gasteiger charge is -2.12. The third-order valence-corrected chi connectivity index (χ3v) is 5.68. The Balaban J connectivity index is 1.74. The zero-order valence-electron chi connectivity index (χ0n) is 15.5. The summed E-state index contributed by atoms with van der Waals surface area (Å²) in [6, 6.07) is 8.06. The molecule has 1 aromatic rings. The number of aliphatic imine (C=N–C) groups is 2. The van der Waals surface area contributed by atoms with Gasteiger partial charge in [-0.2, -0.15) is 0 Å². The Labute approximate surface area is 154 Å². The molecule has 2 heterocycles. The molecule has 0 amide bonds. The van der Waals surface area contributed by atoms with Crippen molar-refractivity contribution in [1.29, 1.82) is 0 Å². The number of ether oxygens (including phenoxy) is 2. The Kier molecular flexibility index (Phi) is 3.53. The molecule has 134 valence electrons. The molecule has 1 aromatic carbocycles. The van der Waals surface area contributed by atoms with Gasteiger partial charge < -0.3 is 9.47 Å². The summed E-state index contributed by atoms with van der Waals surface area (Å²) in [5, 5.41) is 0.744. The number of hydrogen-bond acceptors (Lipinski definition) is 4. The normalized spacial score (nSPS) is 34.8. The van der Waals surface area contributed by atoms with Crippen LogP contribution in [0, 0.1) is 11.3 Å². The highest BCUT2D eigenvalue weighted by molar-refractivity contribution is 6.30. The Hall–Kier alpha value is -1.55. The molecule has 0 aromatic heterocycles. The summed E-state index contributed by atoms with van der Waals surface area (Å²) in [5.41, 5.74) is 0.666. The van der Waals surface area contributed by atoms with Crippen molar-refractivity contribution in [3.05, 3.63) is 34.9 Å². The van der Waals surface area contributed by atoms with Gasteiger partial charge in [-0.15, -0.1) is 0 Å². The van der Waals surface area contributed by atoms with E-state index in [2.05, 4.69) is 46.8 Å². The topological polar surface area (TPSA) is 43.2 Å². The second-order valence-electron chi connectivity index (χ2n) is 8.86. The largest absolute Gasteiger partial charge is 0.478 e. The molecule has 0 saturated heterocycles. The van der Waals surface area contributed by atoms with Crippen molar-refractivity contribution in [2.75, 3.05) is 13.2 Å². The fourth-order valence-corrected chi connectivity index (χ4v) is 4.15. The smallest absolute Gasteiger partial charge is 0.191 e. The first-order valence-electron chi connectivity index (χ1n) is 8.84. The molecule has 25 heavy (non-hydrogen) atoms. The average molecular weight is 361 g/mol. The fourth-order valence-electron chi connectivity index (χ4n) is 4.02. The molecule has 0 unspecified atom stereocenters. The summed E-state index contributed by atoms with van der Waals surface area (Å²) >= 11 is 6.08. The standard InChI is InChI=1S/C20H25ClN2O2/c1-18(2)10-24-16(22-18)15-14(12-6-8-13(21)9-7-12)20(15,5)17-23-19(3,4)11-25-17/h6-9,14-15H,10-11H2,1-5H3/t14-,15+,20-/m0/s1. The molecule has 1 saturated carbocycles. The third kappa shape index (κ3) is 2.75. The lowest BCUT2D eigenvalue weighted by atomic mass is 10.0. The molecule has 5 heteroatoms. The molecule has 0 N–H and O–H groups in total. The summed E-state index contributed by atoms with van der Waals surface area (Å²) in [6.07, 6.45) is 0. The van der Waals surface area contributed by atoms with Crippen LogP contribution in [0.5, 0.6) is 0 Å². The summed E-state index contributed by atoms with van der Waals surface area (Å²) in [5.74, 6) is 2.06. The van der Waals surface area contributed by atoms with Gasteiger partial charge in [0.05, 0.1) is 22.4 Å². The highest BCUT2D eigenvalue weighted by Crippen LogP contribution is 2.67. The van der Waals surface area contributed by atoms with E-state index in [9.17, 15) is 0 Å². The minimum atomic E-state index is -0.221. The van der Waals surface area contributed by atoms with E-state index in [1.54, 1.807) is 0 Å². The zero-order valence-corrected chi connectivity index (χ0v) is 16.2. The van der Waals surface area contributed by atoms with E-state index in [0.29, 0.717) is 13.2 Å². The summed E-state index contributed by atoms with van der Waals surface area (Å²) < 4.78 is 12.0. The maximum absolute atomic E-state index is 6.08. The van der Waals surface area contributed by atoms with Crippen LogP contribution in [-0.2, 0) is 9.47 Å². The Morgan fingerprint density at radius 2 is 1.48 bits per heavy atom. The van der Waals surface area contributed by atoms with Crippen molar-refractivity contribution in [3.8, 4) is 0 Å². The fraction of sp³-hybridized carbons (Fsp3) is 0.600. The molecule has 4 rings (SSSR count). The monoisotopic (exact) mass is 360 g/mol. The van der Waals surface area contributed by atoms with Crippen molar-refractivity contribution < 1.29 is 9.47 Å². The van der Waals surface area contributed by atoms with Crippen LogP contribution in [0.1, 0.15) is 46.1 Å². The maximum atomic E-state index is 6.08. The molecule has 1 fully saturated rings. The van der Waals surface area contributed by atoms with Gasteiger partial charge in [-0.1, -0.05) is 23.7 Å². The van der Waals surface area contributed by atoms with Gasteiger partial charge in [0, 0.05) is 10.9 Å². The summed E-state index contributed by atoms with van der Waals surface area (Å²) in [4.78, 5) is 9.70. The molecule has 3 atom stereocenters. The quantitative estimate of drug-likeness (QED) is 0.797. The van der Waals surface area contributed by atoms with Crippen LogP contribution in [0.15, 0.2) is 34.3 Å². The number of benzene rings is 1. The van der Waals surface area contributed by atoms with E-state index in [1.165, 1.54) is 5.56 Å². The first-order valence-corrected chi connectivity index (χ1v) is 9.21. The van der Waals surface area contributed by atoms with Crippen LogP contribution in [0.25, 0.3) is 0 Å². The number of rotatable bonds is 3. The van der Waals surface area contributed by atoms with Gasteiger partial charge in [0.15, 0.2) is 11.8 Å². The van der Waals surface area contributed by atoms with E-state index in [4.69, 9.17) is 31.1 Å². The van der Waals surface area contributed by atoms with Crippen molar-refractivity contribution >= 4 is 23.4 Å². The van der Waals surface area contributed by atoms with Crippen LogP contribution < -0.4 is 0 Å². The van der Waals surface area contributed by atoms with Crippen LogP contribution >= 0.6 is 11.6 Å². The van der Waals surface area contributed by atoms with E-state index in [0.717, 1.165) is 16.8 Å². The van der Waals surface area contributed by atoms with Crippen molar-refractivity contribution in [2.24, 2.45) is 21.3 Å². The molecule has 4 nitrogen and oxygen atoms in total. The van der Waals surface area contributed by atoms with Gasteiger partial charge in [0.1, 0.15) is 13.2 Å². The molecule has 3 aliphatic rings. The predicted molar refractivity (Wildman–Crippen MR) is 101 cm³/mol. The minimum Gasteiger partial charge on any atom is -0.478 e. The molecule has 0 bridgehead atoms. The lowest BCUT2D eigenvalue weighted by molar-refractivity contribution is 0.257. The van der Waals surface area contributed by atoms with E-state index in [-0.39, 0.29) is 28.3 Å². The van der Waals surface area contributed by atoms with Gasteiger partial charge in [-0.3, -0.25) is 0 Å². The minimum absolute atomic E-state index is 0.156. The van der Waals surface area contributed by atoms with Crippen LogP contribution in [0.3, 0.4) is 0 Å². The van der Waals surface area contributed by atoms with E-state index in [1.807, 2.05) is 12.1 Å².